The van der Waals surface area contributed by atoms with Crippen LogP contribution in [0.5, 0.6) is 0 Å². The summed E-state index contributed by atoms with van der Waals surface area (Å²) in [6.07, 6.45) is 6.58. The molecule has 8 heteroatoms. The first-order valence-electron chi connectivity index (χ1n) is 10.0. The third-order valence-corrected chi connectivity index (χ3v) is 5.25. The van der Waals surface area contributed by atoms with Gasteiger partial charge in [0.1, 0.15) is 0 Å². The van der Waals surface area contributed by atoms with E-state index >= 15 is 0 Å². The number of hydrogen-bond donors (Lipinski definition) is 3. The Morgan fingerprint density at radius 3 is 2.37 bits per heavy atom. The molecule has 0 aromatic heterocycles. The molecule has 1 saturated carbocycles. The number of guanidine groups is 1. The van der Waals surface area contributed by atoms with E-state index in [0.29, 0.717) is 13.1 Å². The Morgan fingerprint density at radius 2 is 1.74 bits per heavy atom. The summed E-state index contributed by atoms with van der Waals surface area (Å²) < 4.78 is 0. The number of rotatable bonds is 6. The van der Waals surface area contributed by atoms with Gasteiger partial charge in [0.15, 0.2) is 5.96 Å². The first-order chi connectivity index (χ1) is 12.5. The molecular formula is C19H36IN5O2. The van der Waals surface area contributed by atoms with Gasteiger partial charge in [-0.05, 0) is 19.3 Å². The predicted octanol–water partition coefficient (Wildman–Crippen LogP) is 1.72. The lowest BCUT2D eigenvalue weighted by atomic mass is 9.89. The highest BCUT2D eigenvalue weighted by molar-refractivity contribution is 14.0. The molecule has 27 heavy (non-hydrogen) atoms. The summed E-state index contributed by atoms with van der Waals surface area (Å²) in [4.78, 5) is 30.3. The van der Waals surface area contributed by atoms with Gasteiger partial charge in [-0.1, -0.05) is 33.1 Å². The van der Waals surface area contributed by atoms with Gasteiger partial charge in [-0.3, -0.25) is 14.6 Å². The summed E-state index contributed by atoms with van der Waals surface area (Å²) in [6, 6.07) is 0.223. The molecular weight excluding hydrogens is 457 g/mol. The Hall–Kier alpha value is -1.06. The minimum Gasteiger partial charge on any atom is -0.355 e. The number of nitrogens with one attached hydrogen (secondary N) is 3. The number of amides is 2. The van der Waals surface area contributed by atoms with Gasteiger partial charge in [-0.25, -0.2) is 0 Å². The molecule has 1 aliphatic carbocycles. The maximum atomic E-state index is 12.1. The van der Waals surface area contributed by atoms with Gasteiger partial charge in [0.2, 0.25) is 11.8 Å². The van der Waals surface area contributed by atoms with Crippen molar-refractivity contribution in [2.45, 2.75) is 58.4 Å². The van der Waals surface area contributed by atoms with Crippen LogP contribution in [0.15, 0.2) is 4.99 Å². The average Bonchev–Trinajstić information content (AvgIpc) is 3.12. The topological polar surface area (TPSA) is 85.8 Å². The monoisotopic (exact) mass is 493 g/mol. The summed E-state index contributed by atoms with van der Waals surface area (Å²) in [5.74, 6) is 1.36. The van der Waals surface area contributed by atoms with Gasteiger partial charge in [0.05, 0.1) is 0 Å². The Balaban J connectivity index is 0.00000364. The van der Waals surface area contributed by atoms with Crippen molar-refractivity contribution in [1.29, 1.82) is 0 Å². The van der Waals surface area contributed by atoms with Crippen LogP contribution in [-0.4, -0.2) is 61.9 Å². The molecule has 2 amide bonds. The Morgan fingerprint density at radius 1 is 1.07 bits per heavy atom. The zero-order chi connectivity index (χ0) is 18.9. The van der Waals surface area contributed by atoms with E-state index in [1.165, 1.54) is 19.3 Å². The van der Waals surface area contributed by atoms with Crippen LogP contribution < -0.4 is 16.0 Å². The van der Waals surface area contributed by atoms with E-state index in [1.54, 1.807) is 7.05 Å². The fourth-order valence-corrected chi connectivity index (χ4v) is 3.71. The number of carbonyl (C=O) groups is 2. The Labute approximate surface area is 180 Å². The van der Waals surface area contributed by atoms with Crippen molar-refractivity contribution in [3.63, 3.8) is 0 Å². The summed E-state index contributed by atoms with van der Waals surface area (Å²) >= 11 is 0. The zero-order valence-electron chi connectivity index (χ0n) is 16.9. The molecule has 0 aromatic rings. The summed E-state index contributed by atoms with van der Waals surface area (Å²) in [6.45, 7) is 6.62. The van der Waals surface area contributed by atoms with Crippen molar-refractivity contribution in [2.75, 3.05) is 33.2 Å². The van der Waals surface area contributed by atoms with Crippen molar-refractivity contribution < 1.29 is 9.59 Å². The maximum Gasteiger partial charge on any atom is 0.225 e. The second kappa shape index (κ2) is 12.4. The lowest BCUT2D eigenvalue weighted by Gasteiger charge is -2.21. The van der Waals surface area contributed by atoms with E-state index in [4.69, 9.17) is 0 Å². The molecule has 1 unspecified atom stereocenters. The highest BCUT2D eigenvalue weighted by Crippen LogP contribution is 2.23. The predicted molar refractivity (Wildman–Crippen MR) is 119 cm³/mol. The fraction of sp³-hybridized carbons (Fsp3) is 0.842. The first-order valence-corrected chi connectivity index (χ1v) is 10.0. The van der Waals surface area contributed by atoms with Gasteiger partial charge in [0, 0.05) is 51.1 Å². The molecule has 1 aliphatic heterocycles. The van der Waals surface area contributed by atoms with Gasteiger partial charge in [-0.15, -0.1) is 24.0 Å². The Bertz CT molecular complexity index is 506. The third kappa shape index (κ3) is 7.83. The molecule has 1 atom stereocenters. The third-order valence-electron chi connectivity index (χ3n) is 5.25. The standard InChI is InChI=1S/C19H35N5O2.HI/c1-14(2)18(26)24-12-9-16(13-24)23-19(20-3)22-11-10-21-17(25)15-7-5-4-6-8-15;/h14-16H,4-13H2,1-3H3,(H,21,25)(H2,20,22,23);1H. The Kier molecular flexibility index (Phi) is 11.0. The molecule has 0 radical (unpaired) electrons. The van der Waals surface area contributed by atoms with Gasteiger partial charge >= 0.3 is 0 Å². The first kappa shape index (κ1) is 24.0. The van der Waals surface area contributed by atoms with E-state index in [0.717, 1.165) is 38.3 Å². The van der Waals surface area contributed by atoms with Crippen molar-refractivity contribution in [3.05, 3.63) is 0 Å². The number of carbonyl (C=O) groups excluding carboxylic acids is 2. The largest absolute Gasteiger partial charge is 0.355 e. The molecule has 2 fully saturated rings. The molecule has 0 bridgehead atoms. The summed E-state index contributed by atoms with van der Waals surface area (Å²) in [7, 11) is 1.74. The quantitative estimate of drug-likeness (QED) is 0.228. The number of aliphatic imine (C=N–C) groups is 1. The molecule has 7 nitrogen and oxygen atoms in total. The molecule has 1 saturated heterocycles. The number of likely N-dealkylation sites (tertiary alicyclic amines) is 1. The van der Waals surface area contributed by atoms with Crippen LogP contribution in [0, 0.1) is 11.8 Å². The van der Waals surface area contributed by atoms with E-state index in [2.05, 4.69) is 20.9 Å². The minimum atomic E-state index is 0. The number of halogens is 1. The second-order valence-electron chi connectivity index (χ2n) is 7.69. The zero-order valence-corrected chi connectivity index (χ0v) is 19.3. The van der Waals surface area contributed by atoms with Crippen molar-refractivity contribution >= 4 is 41.8 Å². The number of nitrogens with zero attached hydrogens (tertiary/aromatic N) is 2. The molecule has 1 heterocycles. The molecule has 3 N–H and O–H groups in total. The minimum absolute atomic E-state index is 0. The fourth-order valence-electron chi connectivity index (χ4n) is 3.71. The molecule has 2 aliphatic rings. The number of hydrogen-bond acceptors (Lipinski definition) is 3. The van der Waals surface area contributed by atoms with Crippen LogP contribution in [-0.2, 0) is 9.59 Å². The van der Waals surface area contributed by atoms with Crippen molar-refractivity contribution in [3.8, 4) is 0 Å². The normalized spacial score (nSPS) is 21.0. The van der Waals surface area contributed by atoms with E-state index in [-0.39, 0.29) is 53.7 Å². The smallest absolute Gasteiger partial charge is 0.225 e. The molecule has 156 valence electrons. The van der Waals surface area contributed by atoms with Crippen LogP contribution in [0.25, 0.3) is 0 Å². The maximum absolute atomic E-state index is 12.1. The van der Waals surface area contributed by atoms with Gasteiger partial charge in [-0.2, -0.15) is 0 Å². The molecule has 0 aromatic carbocycles. The highest BCUT2D eigenvalue weighted by atomic mass is 127. The highest BCUT2D eigenvalue weighted by Gasteiger charge is 2.28. The van der Waals surface area contributed by atoms with Gasteiger partial charge < -0.3 is 20.9 Å². The molecule has 0 spiro atoms. The SMILES string of the molecule is CN=C(NCCNC(=O)C1CCCCC1)NC1CCN(C(=O)C(C)C)C1.I. The van der Waals surface area contributed by atoms with Crippen molar-refractivity contribution in [2.24, 2.45) is 16.8 Å². The molecule has 2 rings (SSSR count). The van der Waals surface area contributed by atoms with Gasteiger partial charge in [0.25, 0.3) is 0 Å². The van der Waals surface area contributed by atoms with Crippen LogP contribution in [0.3, 0.4) is 0 Å². The lowest BCUT2D eigenvalue weighted by Crippen LogP contribution is -2.47. The van der Waals surface area contributed by atoms with E-state index in [9.17, 15) is 9.59 Å². The van der Waals surface area contributed by atoms with E-state index in [1.807, 2.05) is 18.7 Å². The van der Waals surface area contributed by atoms with Crippen LogP contribution in [0.4, 0.5) is 0 Å². The summed E-state index contributed by atoms with van der Waals surface area (Å²) in [5.41, 5.74) is 0. The lowest BCUT2D eigenvalue weighted by molar-refractivity contribution is -0.133. The summed E-state index contributed by atoms with van der Waals surface area (Å²) in [5, 5.41) is 9.64. The second-order valence-corrected chi connectivity index (χ2v) is 7.69. The van der Waals surface area contributed by atoms with Crippen LogP contribution in [0.2, 0.25) is 0 Å². The van der Waals surface area contributed by atoms with E-state index < -0.39 is 0 Å². The van der Waals surface area contributed by atoms with Crippen LogP contribution >= 0.6 is 24.0 Å². The van der Waals surface area contributed by atoms with Crippen LogP contribution in [0.1, 0.15) is 52.4 Å². The average molecular weight is 493 g/mol. The van der Waals surface area contributed by atoms with Crippen molar-refractivity contribution in [1.82, 2.24) is 20.9 Å².